The number of ether oxygens (including phenoxy) is 1. The largest absolute Gasteiger partial charge is 0.544 e. The minimum absolute atomic E-state index is 0.313. The molecule has 0 spiro atoms. The number of hydrazone groups is 1. The molecule has 6 nitrogen and oxygen atoms in total. The molecular weight excluding hydrogens is 307 g/mol. The summed E-state index contributed by atoms with van der Waals surface area (Å²) >= 11 is 10.8. The third-order valence-electron chi connectivity index (χ3n) is 2.06. The van der Waals surface area contributed by atoms with Gasteiger partial charge in [-0.15, -0.1) is 0 Å². The molecule has 1 rings (SSSR count). The van der Waals surface area contributed by atoms with E-state index >= 15 is 0 Å². The predicted molar refractivity (Wildman–Crippen MR) is 72.7 cm³/mol. The van der Waals surface area contributed by atoms with Crippen molar-refractivity contribution >= 4 is 41.3 Å². The average Bonchev–Trinajstić information content (AvgIpc) is 2.45. The van der Waals surface area contributed by atoms with E-state index in [0.717, 1.165) is 6.21 Å². The average molecular weight is 316 g/mol. The topological polar surface area (TPSA) is 90.8 Å². The van der Waals surface area contributed by atoms with Crippen molar-refractivity contribution in [2.45, 2.75) is 0 Å². The molecule has 0 heterocycles. The molecule has 0 bridgehead atoms. The normalized spacial score (nSPS) is 11.9. The van der Waals surface area contributed by atoms with Crippen LogP contribution in [0.2, 0.25) is 0 Å². The molecule has 1 N–H and O–H groups in total. The van der Waals surface area contributed by atoms with Crippen LogP contribution in [0.4, 0.5) is 0 Å². The molecule has 0 fully saturated rings. The molecule has 20 heavy (non-hydrogen) atoms. The molecule has 0 atom stereocenters. The van der Waals surface area contributed by atoms with Gasteiger partial charge in [-0.3, -0.25) is 4.79 Å². The van der Waals surface area contributed by atoms with Crippen LogP contribution >= 0.6 is 23.2 Å². The summed E-state index contributed by atoms with van der Waals surface area (Å²) in [5, 5.41) is 12.8. The second-order valence-electron chi connectivity index (χ2n) is 3.38. The van der Waals surface area contributed by atoms with Crippen LogP contribution in [0.25, 0.3) is 0 Å². The Hall–Kier alpha value is -2.05. The summed E-state index contributed by atoms with van der Waals surface area (Å²) in [6.07, 6.45) is 0.887. The van der Waals surface area contributed by atoms with Gasteiger partial charge < -0.3 is 14.6 Å². The predicted octanol–water partition coefficient (Wildman–Crippen LogP) is 0.850. The molecule has 0 radical (unpaired) electrons. The van der Waals surface area contributed by atoms with E-state index in [0.29, 0.717) is 11.3 Å². The zero-order valence-electron chi connectivity index (χ0n) is 10.2. The number of carboxylic acid groups (broad SMARTS) is 1. The summed E-state index contributed by atoms with van der Waals surface area (Å²) in [5.74, 6) is -1.64. The Labute approximate surface area is 124 Å². The van der Waals surface area contributed by atoms with Crippen LogP contribution in [0.1, 0.15) is 10.4 Å². The van der Waals surface area contributed by atoms with Gasteiger partial charge in [-0.05, 0) is 18.2 Å². The van der Waals surface area contributed by atoms with E-state index in [2.05, 4.69) is 10.5 Å². The van der Waals surface area contributed by atoms with Crippen LogP contribution in [0, 0.1) is 0 Å². The van der Waals surface area contributed by atoms with E-state index in [4.69, 9.17) is 27.9 Å². The number of nitrogens with one attached hydrogen (secondary N) is 1. The third kappa shape index (κ3) is 4.56. The first-order valence-corrected chi connectivity index (χ1v) is 5.95. The Kier molecular flexibility index (Phi) is 6.02. The minimum atomic E-state index is -1.64. The molecule has 0 aromatic heterocycles. The molecule has 0 saturated heterocycles. The maximum atomic E-state index is 11.7. The van der Waals surface area contributed by atoms with Gasteiger partial charge in [0.15, 0.2) is 0 Å². The van der Waals surface area contributed by atoms with Crippen LogP contribution in [0.5, 0.6) is 5.75 Å². The van der Waals surface area contributed by atoms with Gasteiger partial charge in [-0.1, -0.05) is 29.3 Å². The highest BCUT2D eigenvalue weighted by Gasteiger charge is 2.05. The fourth-order valence-corrected chi connectivity index (χ4v) is 1.31. The monoisotopic (exact) mass is 315 g/mol. The van der Waals surface area contributed by atoms with Gasteiger partial charge >= 0.3 is 0 Å². The molecule has 0 aliphatic rings. The second kappa shape index (κ2) is 7.52. The quantitative estimate of drug-likeness (QED) is 0.495. The number of hydrogen-bond donors (Lipinski definition) is 1. The summed E-state index contributed by atoms with van der Waals surface area (Å²) in [7, 11) is 1.47. The van der Waals surface area contributed by atoms with E-state index in [1.807, 2.05) is 0 Å². The van der Waals surface area contributed by atoms with Gasteiger partial charge in [0.25, 0.3) is 5.91 Å². The number of carbonyl (C=O) groups excluding carboxylic acids is 2. The van der Waals surface area contributed by atoms with Gasteiger partial charge in [0.05, 0.1) is 29.4 Å². The minimum Gasteiger partial charge on any atom is -0.544 e. The van der Waals surface area contributed by atoms with Gasteiger partial charge in [0.2, 0.25) is 0 Å². The van der Waals surface area contributed by atoms with Crippen molar-refractivity contribution < 1.29 is 19.4 Å². The van der Waals surface area contributed by atoms with Crippen molar-refractivity contribution in [1.82, 2.24) is 5.43 Å². The molecule has 1 aromatic carbocycles. The van der Waals surface area contributed by atoms with E-state index in [9.17, 15) is 14.7 Å². The number of halogens is 2. The number of nitrogens with zero attached hydrogens (tertiary/aromatic N) is 1. The summed E-state index contributed by atoms with van der Waals surface area (Å²) in [6.45, 7) is 0. The van der Waals surface area contributed by atoms with Crippen LogP contribution in [0.15, 0.2) is 39.4 Å². The highest BCUT2D eigenvalue weighted by atomic mass is 35.5. The van der Waals surface area contributed by atoms with Gasteiger partial charge in [-0.25, -0.2) is 5.43 Å². The molecule has 0 aliphatic carbocycles. The van der Waals surface area contributed by atoms with Crippen LogP contribution in [-0.2, 0) is 4.79 Å². The van der Waals surface area contributed by atoms with Crippen LogP contribution in [0.3, 0.4) is 0 Å². The number of rotatable bonds is 5. The summed E-state index contributed by atoms with van der Waals surface area (Å²) in [5.41, 5.74) is 2.47. The maximum Gasteiger partial charge on any atom is 0.271 e. The fraction of sp³-hybridized carbons (Fsp3) is 0.0833. The van der Waals surface area contributed by atoms with Crippen LogP contribution < -0.4 is 15.3 Å². The molecule has 0 aliphatic heterocycles. The number of allylic oxidation sites excluding steroid dienone is 1. The molecule has 106 valence electrons. The van der Waals surface area contributed by atoms with Gasteiger partial charge in [-0.2, -0.15) is 5.10 Å². The lowest BCUT2D eigenvalue weighted by molar-refractivity contribution is -0.298. The lowest BCUT2D eigenvalue weighted by Gasteiger charge is -2.03. The lowest BCUT2D eigenvalue weighted by atomic mass is 10.2. The number of methoxy groups -OCH3 is 1. The van der Waals surface area contributed by atoms with Gasteiger partial charge in [0, 0.05) is 5.56 Å². The number of carbonyl (C=O) groups is 2. The van der Waals surface area contributed by atoms with Crippen molar-refractivity contribution in [2.24, 2.45) is 5.10 Å². The molecule has 0 saturated carbocycles. The maximum absolute atomic E-state index is 11.7. The number of hydrogen-bond acceptors (Lipinski definition) is 5. The Bertz CT molecular complexity index is 585. The molecule has 8 heteroatoms. The first kappa shape index (κ1) is 16.0. The highest BCUT2D eigenvalue weighted by molar-refractivity contribution is 6.51. The van der Waals surface area contributed by atoms with Gasteiger partial charge in [0.1, 0.15) is 5.75 Å². The Morgan fingerprint density at radius 2 is 2.10 bits per heavy atom. The molecule has 1 amide bonds. The highest BCUT2D eigenvalue weighted by Crippen LogP contribution is 2.12. The number of aliphatic carboxylic acids is 1. The lowest BCUT2D eigenvalue weighted by Crippen LogP contribution is -2.23. The van der Waals surface area contributed by atoms with Crippen molar-refractivity contribution in [2.75, 3.05) is 7.11 Å². The van der Waals surface area contributed by atoms with Crippen molar-refractivity contribution in [1.29, 1.82) is 0 Å². The molecule has 1 aromatic rings. The zero-order valence-corrected chi connectivity index (χ0v) is 11.7. The zero-order chi connectivity index (χ0) is 15.1. The van der Waals surface area contributed by atoms with E-state index in [1.165, 1.54) is 13.2 Å². The van der Waals surface area contributed by atoms with E-state index in [1.54, 1.807) is 18.2 Å². The van der Waals surface area contributed by atoms with Crippen LogP contribution in [-0.4, -0.2) is 25.2 Å². The van der Waals surface area contributed by atoms with Crippen molar-refractivity contribution in [3.8, 4) is 5.75 Å². The van der Waals surface area contributed by atoms with Crippen molar-refractivity contribution in [3.63, 3.8) is 0 Å². The smallest absolute Gasteiger partial charge is 0.271 e. The number of carboxylic acids is 1. The Morgan fingerprint density at radius 1 is 1.40 bits per heavy atom. The molecule has 0 unspecified atom stereocenters. The second-order valence-corrected chi connectivity index (χ2v) is 4.17. The fourth-order valence-electron chi connectivity index (χ4n) is 1.13. The third-order valence-corrected chi connectivity index (χ3v) is 2.81. The number of amides is 1. The van der Waals surface area contributed by atoms with E-state index < -0.39 is 16.9 Å². The van der Waals surface area contributed by atoms with Crippen molar-refractivity contribution in [3.05, 3.63) is 39.9 Å². The Morgan fingerprint density at radius 3 is 2.70 bits per heavy atom. The summed E-state index contributed by atoms with van der Waals surface area (Å²) in [4.78, 5) is 22.1. The SMILES string of the molecule is COc1cccc(C(=O)N/N=C\C(Cl)=C(/Cl)C(=O)[O-])c1. The Balaban J connectivity index is 2.72. The number of benzene rings is 1. The first-order chi connectivity index (χ1) is 9.45. The standard InChI is InChI=1S/C12H10Cl2N2O4/c1-20-8-4-2-3-7(5-8)11(17)16-15-6-9(13)10(14)12(18)19/h2-6H,1H3,(H,16,17)(H,18,19)/p-1/b10-9+,15-6-. The summed E-state index contributed by atoms with van der Waals surface area (Å²) in [6, 6.07) is 6.38. The molecular formula is C12H9Cl2N2O4-. The van der Waals surface area contributed by atoms with E-state index in [-0.39, 0.29) is 5.03 Å². The summed E-state index contributed by atoms with van der Waals surface area (Å²) < 4.78 is 4.97. The first-order valence-electron chi connectivity index (χ1n) is 5.19.